The van der Waals surface area contributed by atoms with Gasteiger partial charge in [-0.2, -0.15) is 0 Å². The molecule has 2 heterocycles. The molecule has 1 N–H and O–H groups in total. The van der Waals surface area contributed by atoms with Crippen LogP contribution < -0.4 is 15.0 Å². The third-order valence-electron chi connectivity index (χ3n) is 5.14. The normalized spacial score (nSPS) is 16.6. The van der Waals surface area contributed by atoms with Gasteiger partial charge in [0.25, 0.3) is 5.91 Å². The second-order valence-electron chi connectivity index (χ2n) is 7.53. The van der Waals surface area contributed by atoms with Gasteiger partial charge < -0.3 is 15.0 Å². The summed E-state index contributed by atoms with van der Waals surface area (Å²) in [6.45, 7) is 4.23. The van der Waals surface area contributed by atoms with Crippen molar-refractivity contribution in [3.05, 3.63) is 59.6 Å². The molecule has 6 heteroatoms. The van der Waals surface area contributed by atoms with Crippen molar-refractivity contribution in [3.8, 4) is 5.75 Å². The molecule has 0 saturated carbocycles. The maximum absolute atomic E-state index is 12.3. The molecular weight excluding hydrogens is 386 g/mol. The topological polar surface area (TPSA) is 54.5 Å². The van der Waals surface area contributed by atoms with E-state index in [1.807, 2.05) is 18.2 Å². The first-order valence-electron chi connectivity index (χ1n) is 9.91. The van der Waals surface area contributed by atoms with Crippen molar-refractivity contribution >= 4 is 39.9 Å². The molecule has 2 aromatic carbocycles. The number of anilines is 2. The molecule has 0 spiro atoms. The molecular formula is C23H24ClN3O2. The molecule has 0 unspecified atom stereocenters. The van der Waals surface area contributed by atoms with Crippen LogP contribution in [0, 0.1) is 5.92 Å². The largest absolute Gasteiger partial charge is 0.481 e. The van der Waals surface area contributed by atoms with E-state index in [1.54, 1.807) is 24.3 Å². The highest BCUT2D eigenvalue weighted by Gasteiger charge is 2.18. The van der Waals surface area contributed by atoms with E-state index in [2.05, 4.69) is 29.3 Å². The number of hydrogen-bond acceptors (Lipinski definition) is 4. The number of para-hydroxylation sites is 1. The number of rotatable bonds is 5. The predicted octanol–water partition coefficient (Wildman–Crippen LogP) is 5.14. The number of piperidine rings is 1. The summed E-state index contributed by atoms with van der Waals surface area (Å²) in [5, 5.41) is 4.42. The summed E-state index contributed by atoms with van der Waals surface area (Å²) >= 11 is 5.87. The summed E-state index contributed by atoms with van der Waals surface area (Å²) in [5.74, 6) is 2.01. The minimum atomic E-state index is -0.231. The van der Waals surface area contributed by atoms with E-state index < -0.39 is 0 Å². The fourth-order valence-corrected chi connectivity index (χ4v) is 3.80. The first kappa shape index (κ1) is 19.5. The van der Waals surface area contributed by atoms with Crippen LogP contribution in [0.1, 0.15) is 19.8 Å². The standard InChI is InChI=1S/C23H24ClN3O2/c1-16-4-3-13-27(14-16)21-12-7-17-5-2-6-20(23(17)26-21)29-15-22(28)25-19-10-8-18(24)9-11-19/h2,5-12,16H,3-4,13-15H2,1H3,(H,25,28)/t16-/m0/s1. The lowest BCUT2D eigenvalue weighted by Gasteiger charge is -2.32. The lowest BCUT2D eigenvalue weighted by molar-refractivity contribution is -0.118. The molecule has 3 aromatic rings. The molecule has 1 aliphatic rings. The van der Waals surface area contributed by atoms with Crippen LogP contribution in [0.4, 0.5) is 11.5 Å². The second-order valence-corrected chi connectivity index (χ2v) is 7.97. The Morgan fingerprint density at radius 2 is 2.03 bits per heavy atom. The van der Waals surface area contributed by atoms with Crippen LogP contribution in [0.2, 0.25) is 5.02 Å². The maximum Gasteiger partial charge on any atom is 0.262 e. The van der Waals surface area contributed by atoms with Crippen LogP contribution in [0.25, 0.3) is 10.9 Å². The molecule has 0 bridgehead atoms. The quantitative estimate of drug-likeness (QED) is 0.633. The number of aromatic nitrogens is 1. The van der Waals surface area contributed by atoms with Gasteiger partial charge in [0.2, 0.25) is 0 Å². The highest BCUT2D eigenvalue weighted by atomic mass is 35.5. The first-order valence-corrected chi connectivity index (χ1v) is 10.3. The van der Waals surface area contributed by atoms with Gasteiger partial charge in [-0.15, -0.1) is 0 Å². The SMILES string of the molecule is C[C@H]1CCCN(c2ccc3cccc(OCC(=O)Nc4ccc(Cl)cc4)c3n2)C1. The Hall–Kier alpha value is -2.79. The minimum Gasteiger partial charge on any atom is -0.481 e. The minimum absolute atomic E-state index is 0.0889. The number of carbonyl (C=O) groups is 1. The number of ether oxygens (including phenoxy) is 1. The van der Waals surface area contributed by atoms with E-state index in [9.17, 15) is 4.79 Å². The van der Waals surface area contributed by atoms with Gasteiger partial charge in [-0.3, -0.25) is 4.79 Å². The lowest BCUT2D eigenvalue weighted by Crippen LogP contribution is -2.34. The summed E-state index contributed by atoms with van der Waals surface area (Å²) in [5.41, 5.74) is 1.46. The summed E-state index contributed by atoms with van der Waals surface area (Å²) in [6, 6.07) is 16.9. The summed E-state index contributed by atoms with van der Waals surface area (Å²) in [7, 11) is 0. The average molecular weight is 410 g/mol. The van der Waals surface area contributed by atoms with E-state index in [1.165, 1.54) is 12.8 Å². The molecule has 0 aliphatic carbocycles. The van der Waals surface area contributed by atoms with Crippen molar-refractivity contribution in [2.45, 2.75) is 19.8 Å². The van der Waals surface area contributed by atoms with E-state index in [0.29, 0.717) is 22.4 Å². The maximum atomic E-state index is 12.3. The number of benzene rings is 2. The zero-order valence-electron chi connectivity index (χ0n) is 16.4. The summed E-state index contributed by atoms with van der Waals surface area (Å²) in [6.07, 6.45) is 2.45. The fraction of sp³-hybridized carbons (Fsp3) is 0.304. The monoisotopic (exact) mass is 409 g/mol. The summed E-state index contributed by atoms with van der Waals surface area (Å²) < 4.78 is 5.82. The van der Waals surface area contributed by atoms with E-state index >= 15 is 0 Å². The first-order chi connectivity index (χ1) is 14.1. The highest BCUT2D eigenvalue weighted by Crippen LogP contribution is 2.28. The number of hydrogen-bond donors (Lipinski definition) is 1. The molecule has 1 fully saturated rings. The van der Waals surface area contributed by atoms with Gasteiger partial charge in [-0.1, -0.05) is 30.7 Å². The van der Waals surface area contributed by atoms with Gasteiger partial charge in [0.1, 0.15) is 17.1 Å². The third kappa shape index (κ3) is 4.80. The molecule has 0 radical (unpaired) electrons. The average Bonchev–Trinajstić information content (AvgIpc) is 2.73. The molecule has 29 heavy (non-hydrogen) atoms. The van der Waals surface area contributed by atoms with Crippen LogP contribution in [-0.4, -0.2) is 30.6 Å². The Morgan fingerprint density at radius 3 is 2.83 bits per heavy atom. The van der Waals surface area contributed by atoms with Gasteiger partial charge in [-0.25, -0.2) is 4.98 Å². The van der Waals surface area contributed by atoms with Crippen LogP contribution >= 0.6 is 11.6 Å². The smallest absolute Gasteiger partial charge is 0.262 e. The number of nitrogens with zero attached hydrogens (tertiary/aromatic N) is 2. The highest BCUT2D eigenvalue weighted by molar-refractivity contribution is 6.30. The number of nitrogens with one attached hydrogen (secondary N) is 1. The van der Waals surface area contributed by atoms with Gasteiger partial charge in [0, 0.05) is 29.2 Å². The number of carbonyl (C=O) groups excluding carboxylic acids is 1. The van der Waals surface area contributed by atoms with Crippen LogP contribution in [0.5, 0.6) is 5.75 Å². The molecule has 1 amide bonds. The summed E-state index contributed by atoms with van der Waals surface area (Å²) in [4.78, 5) is 19.4. The Balaban J connectivity index is 1.48. The number of halogens is 1. The van der Waals surface area contributed by atoms with E-state index in [-0.39, 0.29) is 12.5 Å². The molecule has 1 aromatic heterocycles. The third-order valence-corrected chi connectivity index (χ3v) is 5.39. The van der Waals surface area contributed by atoms with E-state index in [4.69, 9.17) is 21.3 Å². The van der Waals surface area contributed by atoms with Gasteiger partial charge in [-0.05, 0) is 61.2 Å². The van der Waals surface area contributed by atoms with Crippen molar-refractivity contribution < 1.29 is 9.53 Å². The molecule has 150 valence electrons. The zero-order chi connectivity index (χ0) is 20.2. The Labute approximate surface area is 175 Å². The molecule has 1 saturated heterocycles. The van der Waals surface area contributed by atoms with E-state index in [0.717, 1.165) is 29.8 Å². The zero-order valence-corrected chi connectivity index (χ0v) is 17.2. The molecule has 5 nitrogen and oxygen atoms in total. The van der Waals surface area contributed by atoms with Crippen LogP contribution in [0.15, 0.2) is 54.6 Å². The number of amides is 1. The van der Waals surface area contributed by atoms with Crippen molar-refractivity contribution in [1.29, 1.82) is 0 Å². The molecule has 4 rings (SSSR count). The van der Waals surface area contributed by atoms with Crippen molar-refractivity contribution in [2.75, 3.05) is 29.9 Å². The predicted molar refractivity (Wildman–Crippen MR) is 118 cm³/mol. The lowest BCUT2D eigenvalue weighted by atomic mass is 10.0. The van der Waals surface area contributed by atoms with Crippen molar-refractivity contribution in [2.24, 2.45) is 5.92 Å². The Morgan fingerprint density at radius 1 is 1.21 bits per heavy atom. The number of fused-ring (bicyclic) bond motifs is 1. The Kier molecular flexibility index (Phi) is 5.86. The van der Waals surface area contributed by atoms with Crippen LogP contribution in [0.3, 0.4) is 0 Å². The van der Waals surface area contributed by atoms with Crippen molar-refractivity contribution in [3.63, 3.8) is 0 Å². The second kappa shape index (κ2) is 8.70. The fourth-order valence-electron chi connectivity index (χ4n) is 3.67. The molecule has 1 atom stereocenters. The van der Waals surface area contributed by atoms with Gasteiger partial charge in [0.15, 0.2) is 6.61 Å². The molecule has 1 aliphatic heterocycles. The van der Waals surface area contributed by atoms with Gasteiger partial charge in [0.05, 0.1) is 0 Å². The van der Waals surface area contributed by atoms with Crippen molar-refractivity contribution in [1.82, 2.24) is 4.98 Å². The Bertz CT molecular complexity index is 1010. The van der Waals surface area contributed by atoms with Crippen LogP contribution in [-0.2, 0) is 4.79 Å². The number of pyridine rings is 1. The van der Waals surface area contributed by atoms with Gasteiger partial charge >= 0.3 is 0 Å².